The zero-order valence-corrected chi connectivity index (χ0v) is 9.47. The fourth-order valence-corrected chi connectivity index (χ4v) is 1.77. The molecule has 15 heavy (non-hydrogen) atoms. The minimum absolute atomic E-state index is 0.355. The molecule has 0 aliphatic heterocycles. The highest BCUT2D eigenvalue weighted by molar-refractivity contribution is 7.13. The lowest BCUT2D eigenvalue weighted by atomic mass is 10.3. The molecular weight excluding hydrogens is 212 g/mol. The summed E-state index contributed by atoms with van der Waals surface area (Å²) in [5.74, 6) is -0.881. The Kier molecular flexibility index (Phi) is 4.52. The Hall–Kier alpha value is -1.13. The summed E-state index contributed by atoms with van der Waals surface area (Å²) in [5.41, 5.74) is 1.09. The van der Waals surface area contributed by atoms with Crippen LogP contribution in [0.2, 0.25) is 0 Å². The van der Waals surface area contributed by atoms with Crippen LogP contribution in [-0.2, 0) is 11.3 Å². The Morgan fingerprint density at radius 1 is 1.60 bits per heavy atom. The van der Waals surface area contributed by atoms with E-state index >= 15 is 0 Å². The van der Waals surface area contributed by atoms with Crippen LogP contribution in [-0.4, -0.2) is 17.7 Å². The maximum Gasteiger partial charge on any atom is 0.345 e. The maximum absolute atomic E-state index is 10.6. The molecule has 1 heterocycles. The van der Waals surface area contributed by atoms with Gasteiger partial charge < -0.3 is 9.84 Å². The molecule has 1 N–H and O–H groups in total. The molecule has 1 aromatic heterocycles. The van der Waals surface area contributed by atoms with E-state index in [-0.39, 0.29) is 0 Å². The third kappa shape index (κ3) is 4.27. The second-order valence-corrected chi connectivity index (χ2v) is 4.50. The molecule has 0 aliphatic carbocycles. The van der Waals surface area contributed by atoms with E-state index in [1.165, 1.54) is 11.3 Å². The summed E-state index contributed by atoms with van der Waals surface area (Å²) in [6.07, 6.45) is 0.844. The molecule has 0 aliphatic rings. The first kappa shape index (κ1) is 11.9. The number of carbonyl (C=O) groups is 1. The summed E-state index contributed by atoms with van der Waals surface area (Å²) in [5, 5.41) is 8.70. The van der Waals surface area contributed by atoms with Crippen LogP contribution in [0.4, 0.5) is 0 Å². The van der Waals surface area contributed by atoms with E-state index in [0.29, 0.717) is 18.1 Å². The standard InChI is InChI=1S/C11H14O3S/c1-8(2)5-6-14-7-9-3-4-10(15-9)11(12)13/h3-4H,1,5-7H2,2H3,(H,12,13). The highest BCUT2D eigenvalue weighted by atomic mass is 32.1. The molecule has 0 unspecified atom stereocenters. The SMILES string of the molecule is C=C(C)CCOCc1ccc(C(=O)O)s1. The normalized spacial score (nSPS) is 10.2. The lowest BCUT2D eigenvalue weighted by molar-refractivity contribution is 0.0702. The summed E-state index contributed by atoms with van der Waals surface area (Å²) in [4.78, 5) is 11.9. The summed E-state index contributed by atoms with van der Waals surface area (Å²) in [6.45, 7) is 6.84. The Labute approximate surface area is 93.0 Å². The van der Waals surface area contributed by atoms with Gasteiger partial charge in [-0.15, -0.1) is 17.9 Å². The van der Waals surface area contributed by atoms with Gasteiger partial charge in [-0.05, 0) is 25.5 Å². The van der Waals surface area contributed by atoms with Crippen molar-refractivity contribution in [1.29, 1.82) is 0 Å². The molecule has 0 radical (unpaired) electrons. The minimum atomic E-state index is -0.881. The molecule has 0 saturated carbocycles. The fraction of sp³-hybridized carbons (Fsp3) is 0.364. The van der Waals surface area contributed by atoms with Gasteiger partial charge in [0, 0.05) is 4.88 Å². The van der Waals surface area contributed by atoms with Crippen LogP contribution in [0.15, 0.2) is 24.3 Å². The van der Waals surface area contributed by atoms with Crippen molar-refractivity contribution in [1.82, 2.24) is 0 Å². The van der Waals surface area contributed by atoms with Crippen molar-refractivity contribution in [3.05, 3.63) is 34.0 Å². The highest BCUT2D eigenvalue weighted by Gasteiger charge is 2.06. The second-order valence-electron chi connectivity index (χ2n) is 3.33. The Bertz CT molecular complexity index is 354. The van der Waals surface area contributed by atoms with Crippen molar-refractivity contribution in [3.63, 3.8) is 0 Å². The number of aromatic carboxylic acids is 1. The van der Waals surface area contributed by atoms with Crippen molar-refractivity contribution in [2.75, 3.05) is 6.61 Å². The monoisotopic (exact) mass is 226 g/mol. The predicted molar refractivity (Wildman–Crippen MR) is 60.4 cm³/mol. The number of carboxylic acids is 1. The van der Waals surface area contributed by atoms with Crippen LogP contribution in [0.25, 0.3) is 0 Å². The van der Waals surface area contributed by atoms with Gasteiger partial charge in [0.15, 0.2) is 0 Å². The van der Waals surface area contributed by atoms with E-state index in [0.717, 1.165) is 16.9 Å². The third-order valence-electron chi connectivity index (χ3n) is 1.79. The van der Waals surface area contributed by atoms with Crippen molar-refractivity contribution in [3.8, 4) is 0 Å². The molecule has 0 bridgehead atoms. The topological polar surface area (TPSA) is 46.5 Å². The van der Waals surface area contributed by atoms with Gasteiger partial charge in [-0.1, -0.05) is 5.57 Å². The minimum Gasteiger partial charge on any atom is -0.477 e. The van der Waals surface area contributed by atoms with Crippen LogP contribution in [0.1, 0.15) is 27.9 Å². The van der Waals surface area contributed by atoms with Gasteiger partial charge in [-0.3, -0.25) is 0 Å². The van der Waals surface area contributed by atoms with Crippen LogP contribution >= 0.6 is 11.3 Å². The molecule has 0 amide bonds. The first-order valence-electron chi connectivity index (χ1n) is 4.63. The summed E-state index contributed by atoms with van der Waals surface area (Å²) in [6, 6.07) is 3.39. The average Bonchev–Trinajstić information content (AvgIpc) is 2.60. The van der Waals surface area contributed by atoms with Gasteiger partial charge in [0.2, 0.25) is 0 Å². The Morgan fingerprint density at radius 2 is 2.33 bits per heavy atom. The fourth-order valence-electron chi connectivity index (χ4n) is 0.990. The molecule has 3 nitrogen and oxygen atoms in total. The van der Waals surface area contributed by atoms with Crippen LogP contribution < -0.4 is 0 Å². The van der Waals surface area contributed by atoms with Gasteiger partial charge in [-0.25, -0.2) is 4.79 Å². The van der Waals surface area contributed by atoms with Crippen molar-refractivity contribution >= 4 is 17.3 Å². The molecular formula is C11H14O3S. The first-order chi connectivity index (χ1) is 7.09. The van der Waals surface area contributed by atoms with E-state index in [4.69, 9.17) is 9.84 Å². The van der Waals surface area contributed by atoms with E-state index in [9.17, 15) is 4.79 Å². The molecule has 1 rings (SSSR count). The summed E-state index contributed by atoms with van der Waals surface area (Å²) < 4.78 is 5.38. The summed E-state index contributed by atoms with van der Waals surface area (Å²) in [7, 11) is 0. The molecule has 0 spiro atoms. The van der Waals surface area contributed by atoms with Gasteiger partial charge >= 0.3 is 5.97 Å². The van der Waals surface area contributed by atoms with Crippen molar-refractivity contribution < 1.29 is 14.6 Å². The maximum atomic E-state index is 10.6. The molecule has 82 valence electrons. The highest BCUT2D eigenvalue weighted by Crippen LogP contribution is 2.17. The number of hydrogen-bond donors (Lipinski definition) is 1. The number of ether oxygens (including phenoxy) is 1. The Morgan fingerprint density at radius 3 is 2.87 bits per heavy atom. The van der Waals surface area contributed by atoms with Gasteiger partial charge in [0.25, 0.3) is 0 Å². The third-order valence-corrected chi connectivity index (χ3v) is 2.84. The molecule has 4 heteroatoms. The quantitative estimate of drug-likeness (QED) is 0.599. The molecule has 0 atom stereocenters. The Balaban J connectivity index is 2.31. The van der Waals surface area contributed by atoms with E-state index in [2.05, 4.69) is 6.58 Å². The predicted octanol–water partition coefficient (Wildman–Crippen LogP) is 2.93. The molecule has 0 aromatic carbocycles. The molecule has 1 aromatic rings. The van der Waals surface area contributed by atoms with Gasteiger partial charge in [-0.2, -0.15) is 0 Å². The lowest BCUT2D eigenvalue weighted by Gasteiger charge is -2.01. The van der Waals surface area contributed by atoms with Crippen LogP contribution in [0.5, 0.6) is 0 Å². The smallest absolute Gasteiger partial charge is 0.345 e. The van der Waals surface area contributed by atoms with E-state index in [1.807, 2.05) is 6.92 Å². The largest absolute Gasteiger partial charge is 0.477 e. The van der Waals surface area contributed by atoms with Crippen molar-refractivity contribution in [2.45, 2.75) is 20.0 Å². The first-order valence-corrected chi connectivity index (χ1v) is 5.45. The van der Waals surface area contributed by atoms with Crippen LogP contribution in [0.3, 0.4) is 0 Å². The van der Waals surface area contributed by atoms with Crippen molar-refractivity contribution in [2.24, 2.45) is 0 Å². The van der Waals surface area contributed by atoms with Gasteiger partial charge in [0.05, 0.1) is 13.2 Å². The van der Waals surface area contributed by atoms with Gasteiger partial charge in [0.1, 0.15) is 4.88 Å². The summed E-state index contributed by atoms with van der Waals surface area (Å²) >= 11 is 1.25. The number of thiophene rings is 1. The van der Waals surface area contributed by atoms with E-state index < -0.39 is 5.97 Å². The lowest BCUT2D eigenvalue weighted by Crippen LogP contribution is -1.94. The zero-order valence-electron chi connectivity index (χ0n) is 8.66. The molecule has 0 saturated heterocycles. The number of hydrogen-bond acceptors (Lipinski definition) is 3. The van der Waals surface area contributed by atoms with E-state index in [1.54, 1.807) is 12.1 Å². The average molecular weight is 226 g/mol. The van der Waals surface area contributed by atoms with Crippen LogP contribution in [0, 0.1) is 0 Å². The zero-order chi connectivity index (χ0) is 11.3. The second kappa shape index (κ2) is 5.68. The number of rotatable bonds is 6. The molecule has 0 fully saturated rings. The number of carboxylic acid groups (broad SMARTS) is 1.